The fourth-order valence-electron chi connectivity index (χ4n) is 2.00. The van der Waals surface area contributed by atoms with Gasteiger partial charge in [0.1, 0.15) is 0 Å². The van der Waals surface area contributed by atoms with E-state index in [1.54, 1.807) is 6.07 Å². The highest BCUT2D eigenvalue weighted by Crippen LogP contribution is 2.52. The van der Waals surface area contributed by atoms with Crippen LogP contribution in [0.2, 0.25) is 0 Å². The van der Waals surface area contributed by atoms with Gasteiger partial charge in [-0.1, -0.05) is 6.07 Å². The number of aliphatic carboxylic acids is 1. The lowest BCUT2D eigenvalue weighted by Crippen LogP contribution is -2.20. The molecule has 0 spiro atoms. The van der Waals surface area contributed by atoms with Crippen LogP contribution in [-0.2, 0) is 10.2 Å². The Morgan fingerprint density at radius 2 is 2.00 bits per heavy atom. The molecule has 0 heterocycles. The van der Waals surface area contributed by atoms with Gasteiger partial charge < -0.3 is 14.6 Å². The van der Waals surface area contributed by atoms with Gasteiger partial charge >= 0.3 is 5.97 Å². The van der Waals surface area contributed by atoms with E-state index in [1.807, 2.05) is 0 Å². The summed E-state index contributed by atoms with van der Waals surface area (Å²) in [6.45, 7) is 0. The summed E-state index contributed by atoms with van der Waals surface area (Å²) >= 11 is 0. The van der Waals surface area contributed by atoms with E-state index in [9.17, 15) is 14.3 Å². The Labute approximate surface area is 98.0 Å². The minimum atomic E-state index is -0.988. The fraction of sp³-hybridized carbons (Fsp3) is 0.417. The number of benzene rings is 1. The maximum absolute atomic E-state index is 13.9. The molecule has 0 atom stereocenters. The van der Waals surface area contributed by atoms with Crippen LogP contribution in [0.1, 0.15) is 18.4 Å². The number of carboxylic acids is 1. The molecule has 1 aliphatic rings. The zero-order chi connectivity index (χ0) is 12.6. The predicted octanol–water partition coefficient (Wildman–Crippen LogP) is 1.96. The van der Waals surface area contributed by atoms with E-state index in [1.165, 1.54) is 20.3 Å². The third kappa shape index (κ3) is 1.62. The second kappa shape index (κ2) is 3.91. The molecular weight excluding hydrogens is 227 g/mol. The first-order chi connectivity index (χ1) is 8.06. The number of methoxy groups -OCH3 is 2. The highest BCUT2D eigenvalue weighted by molar-refractivity contribution is 5.86. The molecule has 1 aromatic carbocycles. The molecule has 0 bridgehead atoms. The van der Waals surface area contributed by atoms with Gasteiger partial charge in [0.25, 0.3) is 0 Å². The Kier molecular flexibility index (Phi) is 2.69. The summed E-state index contributed by atoms with van der Waals surface area (Å²) in [5, 5.41) is 9.19. The number of halogens is 1. The largest absolute Gasteiger partial charge is 0.494 e. The van der Waals surface area contributed by atoms with Crippen molar-refractivity contribution in [3.05, 3.63) is 23.5 Å². The van der Waals surface area contributed by atoms with Crippen LogP contribution in [0.25, 0.3) is 0 Å². The zero-order valence-corrected chi connectivity index (χ0v) is 9.62. The molecule has 17 heavy (non-hydrogen) atoms. The molecular formula is C12H13FO4. The van der Waals surface area contributed by atoms with Gasteiger partial charge in [-0.05, 0) is 18.9 Å². The lowest BCUT2D eigenvalue weighted by Gasteiger charge is -2.16. The zero-order valence-electron chi connectivity index (χ0n) is 9.62. The summed E-state index contributed by atoms with van der Waals surface area (Å²) in [6, 6.07) is 2.98. The summed E-state index contributed by atoms with van der Waals surface area (Å²) in [4.78, 5) is 11.2. The first-order valence-corrected chi connectivity index (χ1v) is 5.21. The average Bonchev–Trinajstić information content (AvgIpc) is 3.09. The van der Waals surface area contributed by atoms with Crippen molar-refractivity contribution in [3.8, 4) is 11.5 Å². The summed E-state index contributed by atoms with van der Waals surface area (Å²) < 4.78 is 23.7. The Balaban J connectivity index is 2.56. The summed E-state index contributed by atoms with van der Waals surface area (Å²) in [6.07, 6.45) is 1.01. The topological polar surface area (TPSA) is 55.8 Å². The molecule has 0 saturated heterocycles. The van der Waals surface area contributed by atoms with Gasteiger partial charge in [-0.25, -0.2) is 0 Å². The number of carbonyl (C=O) groups is 1. The van der Waals surface area contributed by atoms with Gasteiger partial charge in [0.2, 0.25) is 5.82 Å². The SMILES string of the molecule is COc1ccc(C2(C(=O)O)CC2)c(OC)c1F. The third-order valence-electron chi connectivity index (χ3n) is 3.16. The normalized spacial score (nSPS) is 16.4. The molecule has 0 unspecified atom stereocenters. The molecule has 4 nitrogen and oxygen atoms in total. The van der Waals surface area contributed by atoms with Crippen LogP contribution in [0, 0.1) is 5.82 Å². The van der Waals surface area contributed by atoms with Crippen molar-refractivity contribution < 1.29 is 23.8 Å². The van der Waals surface area contributed by atoms with Crippen LogP contribution in [0.15, 0.2) is 12.1 Å². The predicted molar refractivity (Wildman–Crippen MR) is 58.1 cm³/mol. The number of ether oxygens (including phenoxy) is 2. The second-order valence-electron chi connectivity index (χ2n) is 4.05. The maximum atomic E-state index is 13.9. The van der Waals surface area contributed by atoms with Crippen LogP contribution in [0.4, 0.5) is 4.39 Å². The van der Waals surface area contributed by atoms with E-state index >= 15 is 0 Å². The molecule has 5 heteroatoms. The minimum Gasteiger partial charge on any atom is -0.494 e. The quantitative estimate of drug-likeness (QED) is 0.874. The highest BCUT2D eigenvalue weighted by atomic mass is 19.1. The molecule has 1 saturated carbocycles. The lowest BCUT2D eigenvalue weighted by molar-refractivity contribution is -0.140. The first-order valence-electron chi connectivity index (χ1n) is 5.21. The van der Waals surface area contributed by atoms with Crippen molar-refractivity contribution >= 4 is 5.97 Å². The van der Waals surface area contributed by atoms with E-state index in [4.69, 9.17) is 9.47 Å². The van der Waals surface area contributed by atoms with Crippen molar-refractivity contribution in [1.82, 2.24) is 0 Å². The fourth-order valence-corrected chi connectivity index (χ4v) is 2.00. The van der Waals surface area contributed by atoms with Gasteiger partial charge in [-0.2, -0.15) is 4.39 Å². The van der Waals surface area contributed by atoms with Crippen molar-refractivity contribution in [3.63, 3.8) is 0 Å². The van der Waals surface area contributed by atoms with E-state index in [-0.39, 0.29) is 11.5 Å². The van der Waals surface area contributed by atoms with Gasteiger partial charge in [0.05, 0.1) is 19.6 Å². The van der Waals surface area contributed by atoms with Crippen LogP contribution >= 0.6 is 0 Å². The molecule has 1 aliphatic carbocycles. The van der Waals surface area contributed by atoms with Gasteiger partial charge in [-0.15, -0.1) is 0 Å². The number of rotatable bonds is 4. The molecule has 0 aromatic heterocycles. The van der Waals surface area contributed by atoms with Crippen LogP contribution < -0.4 is 9.47 Å². The molecule has 0 amide bonds. The van der Waals surface area contributed by atoms with Crippen molar-refractivity contribution in [2.75, 3.05) is 14.2 Å². The van der Waals surface area contributed by atoms with E-state index in [2.05, 4.69) is 0 Å². The number of hydrogen-bond donors (Lipinski definition) is 1. The van der Waals surface area contributed by atoms with Gasteiger partial charge in [0.15, 0.2) is 11.5 Å². The average molecular weight is 240 g/mol. The van der Waals surface area contributed by atoms with Crippen LogP contribution in [-0.4, -0.2) is 25.3 Å². The Morgan fingerprint density at radius 1 is 1.35 bits per heavy atom. The molecule has 1 aromatic rings. The van der Waals surface area contributed by atoms with Crippen molar-refractivity contribution in [2.24, 2.45) is 0 Å². The van der Waals surface area contributed by atoms with Crippen LogP contribution in [0.5, 0.6) is 11.5 Å². The van der Waals surface area contributed by atoms with Gasteiger partial charge in [0, 0.05) is 5.56 Å². The Bertz CT molecular complexity index is 466. The molecule has 0 radical (unpaired) electrons. The first kappa shape index (κ1) is 11.7. The highest BCUT2D eigenvalue weighted by Gasteiger charge is 2.54. The van der Waals surface area contributed by atoms with Crippen LogP contribution in [0.3, 0.4) is 0 Å². The standard InChI is InChI=1S/C12H13FO4/c1-16-8-4-3-7(10(17-2)9(8)13)12(5-6-12)11(14)15/h3-4H,5-6H2,1-2H3,(H,14,15). The molecule has 0 aliphatic heterocycles. The molecule has 92 valence electrons. The van der Waals surface area contributed by atoms with E-state index in [0.29, 0.717) is 18.4 Å². The molecule has 1 fully saturated rings. The maximum Gasteiger partial charge on any atom is 0.314 e. The lowest BCUT2D eigenvalue weighted by atomic mass is 9.94. The molecule has 2 rings (SSSR count). The smallest absolute Gasteiger partial charge is 0.314 e. The van der Waals surface area contributed by atoms with Gasteiger partial charge in [-0.3, -0.25) is 4.79 Å². The minimum absolute atomic E-state index is 0.0377. The monoisotopic (exact) mass is 240 g/mol. The number of carboxylic acid groups (broad SMARTS) is 1. The van der Waals surface area contributed by atoms with E-state index < -0.39 is 17.2 Å². The van der Waals surface area contributed by atoms with E-state index in [0.717, 1.165) is 0 Å². The summed E-state index contributed by atoms with van der Waals surface area (Å²) in [5.74, 6) is -1.59. The summed E-state index contributed by atoms with van der Waals surface area (Å²) in [5.41, 5.74) is -0.607. The molecule has 1 N–H and O–H groups in total. The Hall–Kier alpha value is -1.78. The number of hydrogen-bond acceptors (Lipinski definition) is 3. The summed E-state index contributed by atoms with van der Waals surface area (Å²) in [7, 11) is 2.67. The van der Waals surface area contributed by atoms with Crippen molar-refractivity contribution in [1.29, 1.82) is 0 Å². The van der Waals surface area contributed by atoms with Crippen molar-refractivity contribution in [2.45, 2.75) is 18.3 Å². The third-order valence-corrected chi connectivity index (χ3v) is 3.16. The Morgan fingerprint density at radius 3 is 2.41 bits per heavy atom. The second-order valence-corrected chi connectivity index (χ2v) is 4.05.